The zero-order valence-electron chi connectivity index (χ0n) is 16.4. The first-order valence-corrected chi connectivity index (χ1v) is 11.4. The van der Waals surface area contributed by atoms with Gasteiger partial charge in [-0.1, -0.05) is 19.8 Å². The van der Waals surface area contributed by atoms with Crippen LogP contribution in [0.3, 0.4) is 0 Å². The third-order valence-corrected chi connectivity index (χ3v) is 6.89. The Morgan fingerprint density at radius 2 is 1.89 bits per heavy atom. The quantitative estimate of drug-likeness (QED) is 0.616. The Labute approximate surface area is 163 Å². The molecule has 7 heteroatoms. The lowest BCUT2D eigenvalue weighted by Crippen LogP contribution is -2.41. The summed E-state index contributed by atoms with van der Waals surface area (Å²) in [5.74, 6) is -0.196. The molecule has 1 amide bonds. The van der Waals surface area contributed by atoms with Crippen LogP contribution in [-0.4, -0.2) is 51.0 Å². The second-order valence-electron chi connectivity index (χ2n) is 7.06. The monoisotopic (exact) mass is 396 g/mol. The number of benzene rings is 1. The van der Waals surface area contributed by atoms with Gasteiger partial charge in [0.1, 0.15) is 0 Å². The number of carbonyl (C=O) groups excluding carboxylic acids is 1. The van der Waals surface area contributed by atoms with E-state index in [1.165, 1.54) is 12.1 Å². The highest BCUT2D eigenvalue weighted by atomic mass is 32.2. The van der Waals surface area contributed by atoms with Gasteiger partial charge in [-0.05, 0) is 56.9 Å². The van der Waals surface area contributed by atoms with Crippen molar-refractivity contribution >= 4 is 15.9 Å². The summed E-state index contributed by atoms with van der Waals surface area (Å²) in [5, 5.41) is 2.84. The third kappa shape index (κ3) is 6.30. The van der Waals surface area contributed by atoms with Gasteiger partial charge in [-0.25, -0.2) is 8.42 Å². The van der Waals surface area contributed by atoms with E-state index in [1.807, 2.05) is 6.92 Å². The predicted molar refractivity (Wildman–Crippen MR) is 106 cm³/mol. The van der Waals surface area contributed by atoms with Crippen molar-refractivity contribution < 1.29 is 17.9 Å². The molecule has 1 atom stereocenters. The molecular weight excluding hydrogens is 364 g/mol. The Morgan fingerprint density at radius 3 is 2.56 bits per heavy atom. The summed E-state index contributed by atoms with van der Waals surface area (Å²) in [4.78, 5) is 12.4. The number of unbranched alkanes of at least 4 members (excludes halogenated alkanes) is 1. The first kappa shape index (κ1) is 21.9. The lowest BCUT2D eigenvalue weighted by molar-refractivity contribution is 0.0940. The van der Waals surface area contributed by atoms with Crippen LogP contribution in [0.15, 0.2) is 29.2 Å². The van der Waals surface area contributed by atoms with Gasteiger partial charge in [0.2, 0.25) is 10.0 Å². The van der Waals surface area contributed by atoms with Crippen LogP contribution < -0.4 is 5.32 Å². The fourth-order valence-electron chi connectivity index (χ4n) is 3.17. The Hall–Kier alpha value is -1.44. The van der Waals surface area contributed by atoms with Crippen molar-refractivity contribution in [2.24, 2.45) is 0 Å². The first-order chi connectivity index (χ1) is 13.0. The summed E-state index contributed by atoms with van der Waals surface area (Å²) in [6.45, 7) is 6.56. The zero-order valence-corrected chi connectivity index (χ0v) is 17.3. The van der Waals surface area contributed by atoms with Crippen molar-refractivity contribution in [3.8, 4) is 0 Å². The van der Waals surface area contributed by atoms with Crippen LogP contribution in [0.4, 0.5) is 0 Å². The first-order valence-electron chi connectivity index (χ1n) is 9.94. The van der Waals surface area contributed by atoms with Crippen molar-refractivity contribution in [2.45, 2.75) is 63.3 Å². The average molecular weight is 397 g/mol. The van der Waals surface area contributed by atoms with Crippen LogP contribution in [0.25, 0.3) is 0 Å². The van der Waals surface area contributed by atoms with Crippen molar-refractivity contribution in [3.05, 3.63) is 29.8 Å². The number of sulfonamides is 1. The molecule has 1 heterocycles. The van der Waals surface area contributed by atoms with Crippen LogP contribution in [0.1, 0.15) is 62.7 Å². The molecular formula is C20H32N2O4S. The minimum Gasteiger partial charge on any atom is -0.381 e. The summed E-state index contributed by atoms with van der Waals surface area (Å²) in [6.07, 6.45) is 5.77. The van der Waals surface area contributed by atoms with E-state index in [0.717, 1.165) is 45.1 Å². The van der Waals surface area contributed by atoms with Gasteiger partial charge in [-0.3, -0.25) is 4.79 Å². The molecule has 0 spiro atoms. The lowest BCUT2D eigenvalue weighted by Gasteiger charge is -2.32. The number of rotatable bonds is 10. The molecule has 0 aliphatic carbocycles. The Morgan fingerprint density at radius 1 is 1.19 bits per heavy atom. The van der Waals surface area contributed by atoms with E-state index < -0.39 is 10.0 Å². The predicted octanol–water partition coefficient (Wildman–Crippen LogP) is 3.19. The van der Waals surface area contributed by atoms with Crippen molar-refractivity contribution in [1.29, 1.82) is 0 Å². The molecule has 1 N–H and O–H groups in total. The second kappa shape index (κ2) is 10.8. The SMILES string of the molecule is CCCCOCCCNC(=O)c1ccc(S(=O)(=O)N2CCCCC2C)cc1. The number of nitrogens with zero attached hydrogens (tertiary/aromatic N) is 1. The highest BCUT2D eigenvalue weighted by Crippen LogP contribution is 2.25. The van der Waals surface area contributed by atoms with Crippen LogP contribution in [0.2, 0.25) is 0 Å². The van der Waals surface area contributed by atoms with Crippen LogP contribution in [0, 0.1) is 0 Å². The van der Waals surface area contributed by atoms with E-state index in [2.05, 4.69) is 12.2 Å². The highest BCUT2D eigenvalue weighted by molar-refractivity contribution is 7.89. The van der Waals surface area contributed by atoms with Crippen LogP contribution in [0.5, 0.6) is 0 Å². The largest absolute Gasteiger partial charge is 0.381 e. The van der Waals surface area contributed by atoms with Gasteiger partial charge in [0.15, 0.2) is 0 Å². The molecule has 6 nitrogen and oxygen atoms in total. The minimum atomic E-state index is -3.50. The summed E-state index contributed by atoms with van der Waals surface area (Å²) in [5.41, 5.74) is 0.465. The Kier molecular flexibility index (Phi) is 8.73. The maximum absolute atomic E-state index is 12.8. The molecule has 1 aromatic carbocycles. The summed E-state index contributed by atoms with van der Waals surface area (Å²) >= 11 is 0. The molecule has 1 aromatic rings. The normalized spacial score (nSPS) is 18.4. The summed E-state index contributed by atoms with van der Waals surface area (Å²) < 4.78 is 32.7. The highest BCUT2D eigenvalue weighted by Gasteiger charge is 2.30. The number of ether oxygens (including phenoxy) is 1. The number of carbonyl (C=O) groups is 1. The standard InChI is InChI=1S/C20H32N2O4S/c1-3-4-15-26-16-7-13-21-20(23)18-9-11-19(12-10-18)27(24,25)22-14-6-5-8-17(22)2/h9-12,17H,3-8,13-16H2,1-2H3,(H,21,23). The van der Waals surface area contributed by atoms with E-state index in [9.17, 15) is 13.2 Å². The van der Waals surface area contributed by atoms with Crippen molar-refractivity contribution in [3.63, 3.8) is 0 Å². The molecule has 27 heavy (non-hydrogen) atoms. The maximum atomic E-state index is 12.8. The van der Waals surface area contributed by atoms with Gasteiger partial charge in [0, 0.05) is 37.9 Å². The third-order valence-electron chi connectivity index (χ3n) is 4.86. The number of nitrogens with one attached hydrogen (secondary N) is 1. The Balaban J connectivity index is 1.86. The summed E-state index contributed by atoms with van der Waals surface area (Å²) in [7, 11) is -3.50. The molecule has 1 saturated heterocycles. The molecule has 1 aliphatic heterocycles. The fourth-order valence-corrected chi connectivity index (χ4v) is 4.87. The number of hydrogen-bond donors (Lipinski definition) is 1. The topological polar surface area (TPSA) is 75.7 Å². The Bertz CT molecular complexity index is 688. The minimum absolute atomic E-state index is 0.0197. The number of amides is 1. The van der Waals surface area contributed by atoms with Gasteiger partial charge in [-0.2, -0.15) is 4.31 Å². The van der Waals surface area contributed by atoms with Gasteiger partial charge < -0.3 is 10.1 Å². The van der Waals surface area contributed by atoms with Crippen molar-refractivity contribution in [1.82, 2.24) is 9.62 Å². The van der Waals surface area contributed by atoms with E-state index >= 15 is 0 Å². The smallest absolute Gasteiger partial charge is 0.251 e. The van der Waals surface area contributed by atoms with Gasteiger partial charge >= 0.3 is 0 Å². The molecule has 1 unspecified atom stereocenters. The molecule has 0 saturated carbocycles. The molecule has 152 valence electrons. The molecule has 0 radical (unpaired) electrons. The van der Waals surface area contributed by atoms with Gasteiger partial charge in [0.05, 0.1) is 4.90 Å². The van der Waals surface area contributed by atoms with E-state index in [4.69, 9.17) is 4.74 Å². The summed E-state index contributed by atoms with van der Waals surface area (Å²) in [6, 6.07) is 6.23. The van der Waals surface area contributed by atoms with E-state index in [1.54, 1.807) is 16.4 Å². The molecule has 1 aliphatic rings. The molecule has 0 bridgehead atoms. The lowest BCUT2D eigenvalue weighted by atomic mass is 10.1. The van der Waals surface area contributed by atoms with Crippen LogP contribution >= 0.6 is 0 Å². The average Bonchev–Trinajstić information content (AvgIpc) is 2.67. The number of piperidine rings is 1. The van der Waals surface area contributed by atoms with Gasteiger partial charge in [0.25, 0.3) is 5.91 Å². The van der Waals surface area contributed by atoms with Crippen molar-refractivity contribution in [2.75, 3.05) is 26.3 Å². The number of hydrogen-bond acceptors (Lipinski definition) is 4. The van der Waals surface area contributed by atoms with E-state index in [-0.39, 0.29) is 16.8 Å². The fraction of sp³-hybridized carbons (Fsp3) is 0.650. The zero-order chi connectivity index (χ0) is 19.7. The molecule has 1 fully saturated rings. The van der Waals surface area contributed by atoms with E-state index in [0.29, 0.717) is 25.3 Å². The maximum Gasteiger partial charge on any atom is 0.251 e. The van der Waals surface area contributed by atoms with Gasteiger partial charge in [-0.15, -0.1) is 0 Å². The second-order valence-corrected chi connectivity index (χ2v) is 8.95. The molecule has 2 rings (SSSR count). The van der Waals surface area contributed by atoms with Crippen LogP contribution in [-0.2, 0) is 14.8 Å². The molecule has 0 aromatic heterocycles.